The maximum absolute atomic E-state index is 13.5. The number of hydrogen-bond donors (Lipinski definition) is 2. The van der Waals surface area contributed by atoms with Crippen molar-refractivity contribution in [1.29, 1.82) is 0 Å². The number of amides is 1. The highest BCUT2D eigenvalue weighted by Crippen LogP contribution is 2.36. The lowest BCUT2D eigenvalue weighted by Crippen LogP contribution is -2.54. The van der Waals surface area contributed by atoms with Gasteiger partial charge in [-0.3, -0.25) is 9.69 Å². The van der Waals surface area contributed by atoms with E-state index in [0.717, 1.165) is 17.0 Å². The van der Waals surface area contributed by atoms with Crippen LogP contribution in [0.25, 0.3) is 0 Å². The number of carbonyl (C=O) groups is 2. The molecular formula is C14H16F2N2O3. The van der Waals surface area contributed by atoms with Gasteiger partial charge < -0.3 is 10.4 Å². The maximum Gasteiger partial charge on any atom is 0.326 e. The standard InChI is InChI=1S/C14H16F2N2O3/c1-3-9-13(19)18(11(4-2)14(20)21)12-6-8(16)7(15)5-10(12)17-9/h5-6,9,11,17H,3-4H2,1-2H3,(H,20,21). The molecule has 1 heterocycles. The lowest BCUT2D eigenvalue weighted by molar-refractivity contribution is -0.140. The SMILES string of the molecule is CCC1Nc2cc(F)c(F)cc2N(C(CC)C(=O)O)C1=O. The summed E-state index contributed by atoms with van der Waals surface area (Å²) < 4.78 is 26.8. The zero-order chi connectivity index (χ0) is 15.7. The van der Waals surface area contributed by atoms with Crippen LogP contribution in [0.2, 0.25) is 0 Å². The van der Waals surface area contributed by atoms with E-state index in [1.807, 2.05) is 0 Å². The molecule has 1 aliphatic heterocycles. The van der Waals surface area contributed by atoms with E-state index in [1.54, 1.807) is 13.8 Å². The van der Waals surface area contributed by atoms with Crippen LogP contribution in [0.15, 0.2) is 12.1 Å². The first-order valence-electron chi connectivity index (χ1n) is 6.72. The lowest BCUT2D eigenvalue weighted by atomic mass is 10.0. The molecule has 0 fully saturated rings. The molecule has 0 aromatic heterocycles. The summed E-state index contributed by atoms with van der Waals surface area (Å²) in [5, 5.41) is 12.1. The van der Waals surface area contributed by atoms with Crippen LogP contribution in [-0.4, -0.2) is 29.1 Å². The Morgan fingerprint density at radius 3 is 2.52 bits per heavy atom. The number of anilines is 2. The molecule has 0 radical (unpaired) electrons. The zero-order valence-corrected chi connectivity index (χ0v) is 11.7. The molecule has 0 saturated carbocycles. The molecule has 114 valence electrons. The molecule has 1 aromatic carbocycles. The van der Waals surface area contributed by atoms with Crippen molar-refractivity contribution in [2.24, 2.45) is 0 Å². The van der Waals surface area contributed by atoms with Gasteiger partial charge in [0, 0.05) is 12.1 Å². The first kappa shape index (κ1) is 15.2. The Bertz CT molecular complexity index is 592. The topological polar surface area (TPSA) is 69.6 Å². The van der Waals surface area contributed by atoms with Crippen molar-refractivity contribution in [2.45, 2.75) is 38.8 Å². The molecule has 2 unspecified atom stereocenters. The summed E-state index contributed by atoms with van der Waals surface area (Å²) in [7, 11) is 0. The van der Waals surface area contributed by atoms with Gasteiger partial charge in [0.15, 0.2) is 11.6 Å². The smallest absolute Gasteiger partial charge is 0.326 e. The number of aliphatic carboxylic acids is 1. The molecule has 2 N–H and O–H groups in total. The molecule has 1 amide bonds. The Kier molecular flexibility index (Phi) is 4.11. The number of nitrogens with zero attached hydrogens (tertiary/aromatic N) is 1. The molecule has 2 rings (SSSR count). The van der Waals surface area contributed by atoms with Crippen LogP contribution in [0, 0.1) is 11.6 Å². The van der Waals surface area contributed by atoms with Crippen molar-refractivity contribution in [3.63, 3.8) is 0 Å². The minimum Gasteiger partial charge on any atom is -0.480 e. The highest BCUT2D eigenvalue weighted by molar-refractivity contribution is 6.08. The summed E-state index contributed by atoms with van der Waals surface area (Å²) >= 11 is 0. The highest BCUT2D eigenvalue weighted by Gasteiger charge is 2.38. The van der Waals surface area contributed by atoms with Gasteiger partial charge in [-0.25, -0.2) is 13.6 Å². The van der Waals surface area contributed by atoms with Crippen LogP contribution >= 0.6 is 0 Å². The summed E-state index contributed by atoms with van der Waals surface area (Å²) in [6, 6.07) is 0.0296. The second-order valence-electron chi connectivity index (χ2n) is 4.86. The summed E-state index contributed by atoms with van der Waals surface area (Å²) in [6.45, 7) is 3.37. The number of carbonyl (C=O) groups excluding carboxylic acids is 1. The Balaban J connectivity index is 2.59. The fourth-order valence-electron chi connectivity index (χ4n) is 2.45. The average Bonchev–Trinajstić information content (AvgIpc) is 2.43. The molecule has 1 aromatic rings. The van der Waals surface area contributed by atoms with Gasteiger partial charge in [-0.2, -0.15) is 0 Å². The van der Waals surface area contributed by atoms with Gasteiger partial charge in [-0.1, -0.05) is 13.8 Å². The molecule has 1 aliphatic rings. The van der Waals surface area contributed by atoms with E-state index in [2.05, 4.69) is 5.32 Å². The van der Waals surface area contributed by atoms with Gasteiger partial charge in [0.25, 0.3) is 0 Å². The zero-order valence-electron chi connectivity index (χ0n) is 11.7. The van der Waals surface area contributed by atoms with Crippen molar-refractivity contribution in [1.82, 2.24) is 0 Å². The molecule has 21 heavy (non-hydrogen) atoms. The average molecular weight is 298 g/mol. The normalized spacial score (nSPS) is 19.0. The van der Waals surface area contributed by atoms with E-state index in [4.69, 9.17) is 0 Å². The summed E-state index contributed by atoms with van der Waals surface area (Å²) in [5.41, 5.74) is 0.276. The predicted octanol–water partition coefficient (Wildman–Crippen LogP) is 2.37. The van der Waals surface area contributed by atoms with Crippen molar-refractivity contribution >= 4 is 23.3 Å². The molecule has 5 nitrogen and oxygen atoms in total. The van der Waals surface area contributed by atoms with Gasteiger partial charge in [0.2, 0.25) is 5.91 Å². The van der Waals surface area contributed by atoms with Gasteiger partial charge in [0.05, 0.1) is 11.4 Å². The Morgan fingerprint density at radius 1 is 1.38 bits per heavy atom. The molecule has 7 heteroatoms. The fraction of sp³-hybridized carbons (Fsp3) is 0.429. The molecule has 0 spiro atoms. The number of fused-ring (bicyclic) bond motifs is 1. The lowest BCUT2D eigenvalue weighted by Gasteiger charge is -2.38. The van der Waals surface area contributed by atoms with Gasteiger partial charge in [-0.05, 0) is 12.8 Å². The fourth-order valence-corrected chi connectivity index (χ4v) is 2.45. The number of carboxylic acids is 1. The third-order valence-corrected chi connectivity index (χ3v) is 3.56. The number of hydrogen-bond acceptors (Lipinski definition) is 3. The van der Waals surface area contributed by atoms with Crippen molar-refractivity contribution in [2.75, 3.05) is 10.2 Å². The van der Waals surface area contributed by atoms with Gasteiger partial charge in [-0.15, -0.1) is 0 Å². The monoisotopic (exact) mass is 298 g/mol. The van der Waals surface area contributed by atoms with Crippen LogP contribution < -0.4 is 10.2 Å². The quantitative estimate of drug-likeness (QED) is 0.895. The van der Waals surface area contributed by atoms with E-state index in [9.17, 15) is 23.5 Å². The second-order valence-corrected chi connectivity index (χ2v) is 4.86. The number of rotatable bonds is 4. The number of halogens is 2. The van der Waals surface area contributed by atoms with Crippen LogP contribution in [0.5, 0.6) is 0 Å². The second kappa shape index (κ2) is 5.67. The molecule has 0 saturated heterocycles. The first-order valence-corrected chi connectivity index (χ1v) is 6.72. The van der Waals surface area contributed by atoms with E-state index in [0.29, 0.717) is 6.42 Å². The number of nitrogens with one attached hydrogen (secondary N) is 1. The molecule has 2 atom stereocenters. The van der Waals surface area contributed by atoms with Crippen LogP contribution in [0.1, 0.15) is 26.7 Å². The molecular weight excluding hydrogens is 282 g/mol. The van der Waals surface area contributed by atoms with Crippen LogP contribution in [0.3, 0.4) is 0 Å². The Morgan fingerprint density at radius 2 is 2.00 bits per heavy atom. The minimum absolute atomic E-state index is 0.0536. The third-order valence-electron chi connectivity index (χ3n) is 3.56. The first-order chi connectivity index (χ1) is 9.90. The van der Waals surface area contributed by atoms with Crippen molar-refractivity contribution in [3.8, 4) is 0 Å². The number of benzene rings is 1. The van der Waals surface area contributed by atoms with E-state index < -0.39 is 35.6 Å². The predicted molar refractivity (Wildman–Crippen MR) is 73.3 cm³/mol. The third kappa shape index (κ3) is 2.55. The highest BCUT2D eigenvalue weighted by atomic mass is 19.2. The van der Waals surface area contributed by atoms with Gasteiger partial charge in [0.1, 0.15) is 12.1 Å². The summed E-state index contributed by atoms with van der Waals surface area (Å²) in [4.78, 5) is 24.8. The van der Waals surface area contributed by atoms with Crippen LogP contribution in [-0.2, 0) is 9.59 Å². The van der Waals surface area contributed by atoms with E-state index in [1.165, 1.54) is 0 Å². The minimum atomic E-state index is -1.18. The van der Waals surface area contributed by atoms with Crippen molar-refractivity contribution < 1.29 is 23.5 Å². The number of carboxylic acid groups (broad SMARTS) is 1. The maximum atomic E-state index is 13.5. The summed E-state index contributed by atoms with van der Waals surface area (Å²) in [6.07, 6.45) is 0.569. The molecule has 0 aliphatic carbocycles. The van der Waals surface area contributed by atoms with Crippen LogP contribution in [0.4, 0.5) is 20.2 Å². The molecule has 0 bridgehead atoms. The van der Waals surface area contributed by atoms with E-state index >= 15 is 0 Å². The Labute approximate surface area is 120 Å². The summed E-state index contributed by atoms with van der Waals surface area (Å²) in [5.74, 6) is -3.80. The largest absolute Gasteiger partial charge is 0.480 e. The van der Waals surface area contributed by atoms with E-state index in [-0.39, 0.29) is 17.8 Å². The Hall–Kier alpha value is -2.18. The van der Waals surface area contributed by atoms with Crippen molar-refractivity contribution in [3.05, 3.63) is 23.8 Å². The van der Waals surface area contributed by atoms with Gasteiger partial charge >= 0.3 is 5.97 Å².